The first-order valence-corrected chi connectivity index (χ1v) is 8.95. The van der Waals surface area contributed by atoms with E-state index >= 15 is 0 Å². The smallest absolute Gasteiger partial charge is 0.327 e. The number of hydrogen-bond acceptors (Lipinski definition) is 7. The summed E-state index contributed by atoms with van der Waals surface area (Å²) in [4.78, 5) is 38.3. The number of rotatable bonds is 2. The SMILES string of the molecule is CN1C(=O)N(C)C2(CCN(c3cc(C4CC(O)C4)nc(N)n3)CC2)C1=O. The Labute approximate surface area is 151 Å². The van der Waals surface area contributed by atoms with E-state index in [4.69, 9.17) is 5.73 Å². The Bertz CT molecular complexity index is 755. The fraction of sp³-hybridized carbons (Fsp3) is 0.647. The van der Waals surface area contributed by atoms with E-state index in [1.807, 2.05) is 6.07 Å². The van der Waals surface area contributed by atoms with Crippen molar-refractivity contribution in [2.45, 2.75) is 43.2 Å². The number of nitrogens with zero attached hydrogens (tertiary/aromatic N) is 5. The van der Waals surface area contributed by atoms with Crippen LogP contribution in [-0.2, 0) is 4.79 Å². The standard InChI is InChI=1S/C17H24N6O3/c1-21-14(25)17(22(2)16(21)26)3-5-23(6-4-17)13-9-12(19-15(18)20-13)10-7-11(24)8-10/h9-11,24H,3-8H2,1-2H3,(H2,18,19,20). The zero-order valence-corrected chi connectivity index (χ0v) is 15.1. The van der Waals surface area contributed by atoms with Gasteiger partial charge in [-0.3, -0.25) is 9.69 Å². The Kier molecular flexibility index (Phi) is 3.80. The maximum atomic E-state index is 12.6. The van der Waals surface area contributed by atoms with Gasteiger partial charge < -0.3 is 20.6 Å². The lowest BCUT2D eigenvalue weighted by atomic mass is 9.80. The average Bonchev–Trinajstić information content (AvgIpc) is 2.75. The van der Waals surface area contributed by atoms with E-state index in [0.29, 0.717) is 38.8 Å². The average molecular weight is 360 g/mol. The van der Waals surface area contributed by atoms with Gasteiger partial charge in [-0.25, -0.2) is 9.78 Å². The van der Waals surface area contributed by atoms with Crippen molar-refractivity contribution in [1.82, 2.24) is 19.8 Å². The van der Waals surface area contributed by atoms with Crippen LogP contribution in [0.15, 0.2) is 6.07 Å². The van der Waals surface area contributed by atoms with Crippen molar-refractivity contribution in [2.24, 2.45) is 0 Å². The fourth-order valence-electron chi connectivity index (χ4n) is 4.28. The predicted octanol–water partition coefficient (Wildman–Crippen LogP) is 0.160. The highest BCUT2D eigenvalue weighted by Crippen LogP contribution is 2.39. The van der Waals surface area contributed by atoms with E-state index in [1.165, 1.54) is 11.9 Å². The van der Waals surface area contributed by atoms with Crippen LogP contribution in [0.2, 0.25) is 0 Å². The van der Waals surface area contributed by atoms with Crippen LogP contribution in [0.4, 0.5) is 16.6 Å². The molecule has 1 aliphatic carbocycles. The Morgan fingerprint density at radius 2 is 1.85 bits per heavy atom. The Morgan fingerprint density at radius 3 is 2.38 bits per heavy atom. The van der Waals surface area contributed by atoms with Crippen LogP contribution >= 0.6 is 0 Å². The minimum absolute atomic E-state index is 0.129. The second kappa shape index (κ2) is 5.80. The molecular weight excluding hydrogens is 336 g/mol. The van der Waals surface area contributed by atoms with Gasteiger partial charge in [-0.15, -0.1) is 0 Å². The van der Waals surface area contributed by atoms with Gasteiger partial charge in [0.15, 0.2) is 0 Å². The van der Waals surface area contributed by atoms with Crippen molar-refractivity contribution in [3.05, 3.63) is 11.8 Å². The summed E-state index contributed by atoms with van der Waals surface area (Å²) in [5, 5.41) is 9.52. The summed E-state index contributed by atoms with van der Waals surface area (Å²) in [7, 11) is 3.23. The predicted molar refractivity (Wildman–Crippen MR) is 94.5 cm³/mol. The van der Waals surface area contributed by atoms with Crippen LogP contribution in [-0.4, -0.2) is 75.6 Å². The molecule has 4 rings (SSSR count). The number of urea groups is 1. The van der Waals surface area contributed by atoms with Crippen LogP contribution < -0.4 is 10.6 Å². The number of piperidine rings is 1. The number of carbonyl (C=O) groups excluding carboxylic acids is 2. The Balaban J connectivity index is 1.52. The molecule has 2 saturated heterocycles. The minimum Gasteiger partial charge on any atom is -0.393 e. The zero-order chi connectivity index (χ0) is 18.6. The first-order chi connectivity index (χ1) is 12.3. The summed E-state index contributed by atoms with van der Waals surface area (Å²) in [5.74, 6) is 1.06. The van der Waals surface area contributed by atoms with E-state index in [1.54, 1.807) is 11.9 Å². The summed E-state index contributed by atoms with van der Waals surface area (Å²) < 4.78 is 0. The molecule has 1 spiro atoms. The highest BCUT2D eigenvalue weighted by molar-refractivity contribution is 6.06. The molecular formula is C17H24N6O3. The largest absolute Gasteiger partial charge is 0.393 e. The van der Waals surface area contributed by atoms with Crippen molar-refractivity contribution in [3.8, 4) is 0 Å². The molecule has 0 radical (unpaired) electrons. The van der Waals surface area contributed by atoms with Crippen molar-refractivity contribution in [2.75, 3.05) is 37.8 Å². The van der Waals surface area contributed by atoms with Crippen molar-refractivity contribution in [1.29, 1.82) is 0 Å². The molecule has 3 N–H and O–H groups in total. The zero-order valence-electron chi connectivity index (χ0n) is 15.1. The number of nitrogen functional groups attached to an aromatic ring is 1. The van der Waals surface area contributed by atoms with Crippen molar-refractivity contribution >= 4 is 23.7 Å². The lowest BCUT2D eigenvalue weighted by molar-refractivity contribution is -0.133. The summed E-state index contributed by atoms with van der Waals surface area (Å²) >= 11 is 0. The number of hydrogen-bond donors (Lipinski definition) is 2. The molecule has 1 saturated carbocycles. The van der Waals surface area contributed by atoms with Crippen LogP contribution in [0.3, 0.4) is 0 Å². The van der Waals surface area contributed by atoms with Gasteiger partial charge in [0.1, 0.15) is 11.4 Å². The summed E-state index contributed by atoms with van der Waals surface area (Å²) in [5.41, 5.74) is 6.00. The number of carbonyl (C=O) groups is 2. The molecule has 9 nitrogen and oxygen atoms in total. The lowest BCUT2D eigenvalue weighted by Crippen LogP contribution is -2.55. The second-order valence-corrected chi connectivity index (χ2v) is 7.56. The number of anilines is 2. The quantitative estimate of drug-likeness (QED) is 0.722. The highest BCUT2D eigenvalue weighted by atomic mass is 16.3. The number of nitrogens with two attached hydrogens (primary N) is 1. The van der Waals surface area contributed by atoms with Gasteiger partial charge in [-0.1, -0.05) is 0 Å². The molecule has 3 heterocycles. The lowest BCUT2D eigenvalue weighted by Gasteiger charge is -2.41. The first kappa shape index (κ1) is 17.0. The molecule has 2 aliphatic heterocycles. The highest BCUT2D eigenvalue weighted by Gasteiger charge is 2.55. The third-order valence-corrected chi connectivity index (χ3v) is 6.11. The maximum absolute atomic E-state index is 12.6. The van der Waals surface area contributed by atoms with E-state index < -0.39 is 5.54 Å². The molecule has 1 aromatic rings. The van der Waals surface area contributed by atoms with Gasteiger partial charge in [-0.2, -0.15) is 4.98 Å². The van der Waals surface area contributed by atoms with Crippen LogP contribution in [0.25, 0.3) is 0 Å². The fourth-order valence-corrected chi connectivity index (χ4v) is 4.28. The second-order valence-electron chi connectivity index (χ2n) is 7.56. The molecule has 1 aromatic heterocycles. The molecule has 3 aliphatic rings. The monoisotopic (exact) mass is 360 g/mol. The van der Waals surface area contributed by atoms with Crippen molar-refractivity contribution in [3.63, 3.8) is 0 Å². The van der Waals surface area contributed by atoms with Crippen LogP contribution in [0.5, 0.6) is 0 Å². The molecule has 140 valence electrons. The van der Waals surface area contributed by atoms with Gasteiger partial charge in [-0.05, 0) is 25.7 Å². The summed E-state index contributed by atoms with van der Waals surface area (Å²) in [6.07, 6.45) is 2.26. The van der Waals surface area contributed by atoms with Crippen LogP contribution in [0.1, 0.15) is 37.3 Å². The Morgan fingerprint density at radius 1 is 1.19 bits per heavy atom. The number of imide groups is 1. The van der Waals surface area contributed by atoms with Gasteiger partial charge in [0.05, 0.1) is 11.8 Å². The van der Waals surface area contributed by atoms with E-state index in [-0.39, 0.29) is 29.9 Å². The van der Waals surface area contributed by atoms with Crippen LogP contribution in [0, 0.1) is 0 Å². The first-order valence-electron chi connectivity index (χ1n) is 8.95. The molecule has 3 fully saturated rings. The topological polar surface area (TPSA) is 116 Å². The Hall–Kier alpha value is -2.42. The normalized spacial score (nSPS) is 28.0. The molecule has 9 heteroatoms. The van der Waals surface area contributed by atoms with Crippen molar-refractivity contribution < 1.29 is 14.7 Å². The molecule has 0 bridgehead atoms. The number of likely N-dealkylation sites (N-methyl/N-ethyl adjacent to an activating group) is 2. The van der Waals surface area contributed by atoms with E-state index in [0.717, 1.165) is 11.5 Å². The minimum atomic E-state index is -0.748. The number of aliphatic hydroxyl groups is 1. The van der Waals surface area contributed by atoms with Gasteiger partial charge in [0.25, 0.3) is 5.91 Å². The van der Waals surface area contributed by atoms with Gasteiger partial charge in [0.2, 0.25) is 5.95 Å². The third-order valence-electron chi connectivity index (χ3n) is 6.11. The molecule has 0 unspecified atom stereocenters. The summed E-state index contributed by atoms with van der Waals surface area (Å²) in [6, 6.07) is 1.68. The molecule has 3 amide bonds. The summed E-state index contributed by atoms with van der Waals surface area (Å²) in [6.45, 7) is 1.22. The van der Waals surface area contributed by atoms with Gasteiger partial charge in [0, 0.05) is 39.2 Å². The molecule has 0 aromatic carbocycles. The number of aromatic nitrogens is 2. The van der Waals surface area contributed by atoms with E-state index in [2.05, 4.69) is 14.9 Å². The number of aliphatic hydroxyl groups excluding tert-OH is 1. The number of amides is 3. The van der Waals surface area contributed by atoms with E-state index in [9.17, 15) is 14.7 Å². The molecule has 0 atom stereocenters. The molecule has 26 heavy (non-hydrogen) atoms. The maximum Gasteiger partial charge on any atom is 0.327 e. The van der Waals surface area contributed by atoms with Gasteiger partial charge >= 0.3 is 6.03 Å². The third kappa shape index (κ3) is 2.41.